The number of benzene rings is 2. The van der Waals surface area contributed by atoms with Crippen molar-refractivity contribution in [1.29, 1.82) is 0 Å². The van der Waals surface area contributed by atoms with Crippen LogP contribution < -0.4 is 0 Å². The van der Waals surface area contributed by atoms with Crippen LogP contribution in [0.15, 0.2) is 60.7 Å². The van der Waals surface area contributed by atoms with Crippen LogP contribution in [0.3, 0.4) is 0 Å². The molecule has 0 fully saturated rings. The van der Waals surface area contributed by atoms with Gasteiger partial charge in [0.05, 0.1) is 0 Å². The van der Waals surface area contributed by atoms with Gasteiger partial charge in [-0.2, -0.15) is 0 Å². The van der Waals surface area contributed by atoms with Crippen LogP contribution >= 0.6 is 0 Å². The van der Waals surface area contributed by atoms with Crippen LogP contribution in [-0.4, -0.2) is 27.5 Å². The first kappa shape index (κ1) is 11.7. The van der Waals surface area contributed by atoms with Gasteiger partial charge in [0.2, 0.25) is 0 Å². The molecule has 2 heteroatoms. The second-order valence-electron chi connectivity index (χ2n) is 4.31. The van der Waals surface area contributed by atoms with Crippen molar-refractivity contribution in [2.24, 2.45) is 0 Å². The van der Waals surface area contributed by atoms with E-state index in [9.17, 15) is 0 Å². The van der Waals surface area contributed by atoms with E-state index in [1.54, 1.807) is 0 Å². The number of allylic oxidation sites excluding steroid dienone is 1. The first-order chi connectivity index (χ1) is 8.83. The molecule has 18 heavy (non-hydrogen) atoms. The third-order valence-corrected chi connectivity index (χ3v) is 5.31. The van der Waals surface area contributed by atoms with Gasteiger partial charge in [-0.15, -0.1) is 0 Å². The molecule has 2 aromatic rings. The van der Waals surface area contributed by atoms with Crippen LogP contribution in [0.1, 0.15) is 16.7 Å². The van der Waals surface area contributed by atoms with Crippen molar-refractivity contribution in [3.8, 4) is 0 Å². The zero-order valence-electron chi connectivity index (χ0n) is 10.1. The minimum atomic E-state index is -0.411. The molecule has 1 radical (unpaired) electrons. The van der Waals surface area contributed by atoms with Gasteiger partial charge in [0, 0.05) is 0 Å². The summed E-state index contributed by atoms with van der Waals surface area (Å²) in [6.07, 6.45) is 2.25. The third-order valence-electron chi connectivity index (χ3n) is 2.92. The van der Waals surface area contributed by atoms with Gasteiger partial charge in [-0.3, -0.25) is 0 Å². The Morgan fingerprint density at radius 2 is 1.56 bits per heavy atom. The molecule has 3 rings (SSSR count). The first-order valence-corrected chi connectivity index (χ1v) is 8.13. The van der Waals surface area contributed by atoms with Crippen LogP contribution in [0, 0.1) is 6.92 Å². The molecule has 0 aliphatic carbocycles. The summed E-state index contributed by atoms with van der Waals surface area (Å²) in [6, 6.07) is 19.2. The third kappa shape index (κ3) is 2.41. The predicted molar refractivity (Wildman–Crippen MR) is 77.7 cm³/mol. The van der Waals surface area contributed by atoms with E-state index in [4.69, 9.17) is 3.10 Å². The molecule has 0 saturated heterocycles. The normalized spacial score (nSPS) is 13.8. The molecule has 1 nitrogen and oxygen atoms in total. The molecule has 0 unspecified atom stereocenters. The van der Waals surface area contributed by atoms with Gasteiger partial charge < -0.3 is 0 Å². The summed E-state index contributed by atoms with van der Waals surface area (Å²) in [5.41, 5.74) is 3.85. The Labute approximate surface area is 117 Å². The van der Waals surface area contributed by atoms with Crippen LogP contribution in [0.4, 0.5) is 0 Å². The molecule has 0 aromatic heterocycles. The molecular weight excluding hydrogens is 336 g/mol. The number of aryl methyl sites for hydroxylation is 1. The van der Waals surface area contributed by atoms with Crippen LogP contribution in [0.2, 0.25) is 0 Å². The zero-order chi connectivity index (χ0) is 12.4. The molecule has 89 valence electrons. The summed E-state index contributed by atoms with van der Waals surface area (Å²) in [6.45, 7) is 2.11. The number of rotatable bonds is 2. The summed E-state index contributed by atoms with van der Waals surface area (Å²) >= 11 is -0.411. The van der Waals surface area contributed by atoms with Crippen molar-refractivity contribution in [2.45, 2.75) is 6.92 Å². The second-order valence-corrected chi connectivity index (χ2v) is 6.61. The van der Waals surface area contributed by atoms with Crippen molar-refractivity contribution in [3.63, 3.8) is 0 Å². The first-order valence-electron chi connectivity index (χ1n) is 5.92. The Bertz CT molecular complexity index is 609. The predicted octanol–water partition coefficient (Wildman–Crippen LogP) is 2.72. The van der Waals surface area contributed by atoms with E-state index in [2.05, 4.69) is 67.6 Å². The standard InChI is InChI=1S/C16H14OTe/c1-12-7-9-13(10-8-12)15-11-16(18-17-15)14-5-3-2-4-6-14/h2-11,17H,1H3/q+1. The van der Waals surface area contributed by atoms with E-state index >= 15 is 0 Å². The second kappa shape index (κ2) is 5.10. The molecule has 1 aliphatic rings. The molecular formula is C16H14OTe+. The zero-order valence-corrected chi connectivity index (χ0v) is 12.5. The van der Waals surface area contributed by atoms with E-state index < -0.39 is 20.9 Å². The van der Waals surface area contributed by atoms with Crippen molar-refractivity contribution in [1.82, 2.24) is 0 Å². The topological polar surface area (TPSA) is 12.8 Å². The molecule has 0 bridgehead atoms. The van der Waals surface area contributed by atoms with Crippen LogP contribution in [0.25, 0.3) is 5.76 Å². The van der Waals surface area contributed by atoms with Gasteiger partial charge in [0.1, 0.15) is 0 Å². The monoisotopic (exact) mass is 352 g/mol. The van der Waals surface area contributed by atoms with Crippen molar-refractivity contribution in [3.05, 3.63) is 77.4 Å². The quantitative estimate of drug-likeness (QED) is 0.584. The van der Waals surface area contributed by atoms with E-state index in [0.717, 1.165) is 5.76 Å². The van der Waals surface area contributed by atoms with E-state index in [1.807, 2.05) is 0 Å². The van der Waals surface area contributed by atoms with Gasteiger partial charge in [-0.25, -0.2) is 0 Å². The van der Waals surface area contributed by atoms with E-state index in [1.165, 1.54) is 20.2 Å². The SMILES string of the molecule is Cc1ccc(C2=CC(c3ccccc3)=[Te][OH+]2)cc1. The molecule has 2 aromatic carbocycles. The molecule has 0 saturated carbocycles. The van der Waals surface area contributed by atoms with Crippen LogP contribution in [-0.2, 0) is 0 Å². The van der Waals surface area contributed by atoms with Crippen molar-refractivity contribution < 1.29 is 3.10 Å². The average molecular weight is 350 g/mol. The van der Waals surface area contributed by atoms with Gasteiger partial charge >= 0.3 is 118 Å². The van der Waals surface area contributed by atoms with Crippen molar-refractivity contribution >= 4 is 30.2 Å². The maximum absolute atomic E-state index is 4.75. The number of hydrogen-bond acceptors (Lipinski definition) is 0. The van der Waals surface area contributed by atoms with Crippen molar-refractivity contribution in [2.75, 3.05) is 0 Å². The minimum absolute atomic E-state index is 0.411. The summed E-state index contributed by atoms with van der Waals surface area (Å²) in [5, 5.41) is 0. The molecule has 1 aliphatic heterocycles. The maximum atomic E-state index is 4.75. The summed E-state index contributed by atoms with van der Waals surface area (Å²) in [7, 11) is 0. The molecule has 0 atom stereocenters. The summed E-state index contributed by atoms with van der Waals surface area (Å²) in [5.74, 6) is 1.15. The fourth-order valence-corrected chi connectivity index (χ4v) is 4.04. The Hall–Kier alpha value is -1.36. The van der Waals surface area contributed by atoms with Gasteiger partial charge in [-0.05, 0) is 0 Å². The molecule has 0 spiro atoms. The number of hydrogen-bond donors (Lipinski definition) is 0. The Morgan fingerprint density at radius 3 is 2.28 bits per heavy atom. The van der Waals surface area contributed by atoms with Gasteiger partial charge in [0.15, 0.2) is 0 Å². The van der Waals surface area contributed by atoms with Crippen LogP contribution in [0.5, 0.6) is 0 Å². The average Bonchev–Trinajstić information content (AvgIpc) is 2.90. The van der Waals surface area contributed by atoms with Gasteiger partial charge in [0.25, 0.3) is 0 Å². The summed E-state index contributed by atoms with van der Waals surface area (Å²) in [4.78, 5) is 0. The number of aliphatic hydroxyl groups is 1. The fourth-order valence-electron chi connectivity index (χ4n) is 1.87. The summed E-state index contributed by atoms with van der Waals surface area (Å²) < 4.78 is 6.17. The molecule has 1 heterocycles. The fraction of sp³-hybridized carbons (Fsp3) is 0.0625. The van der Waals surface area contributed by atoms with E-state index in [-0.39, 0.29) is 0 Å². The van der Waals surface area contributed by atoms with Gasteiger partial charge in [-0.1, -0.05) is 0 Å². The molecule has 0 amide bonds. The van der Waals surface area contributed by atoms with E-state index in [0.29, 0.717) is 0 Å². The Balaban J connectivity index is 1.89. The Morgan fingerprint density at radius 1 is 0.833 bits per heavy atom. The molecule has 1 N–H and O–H groups in total. The Kier molecular flexibility index (Phi) is 3.32.